The fourth-order valence-electron chi connectivity index (χ4n) is 1.45. The Morgan fingerprint density at radius 3 is 2.35 bits per heavy atom. The zero-order valence-corrected chi connectivity index (χ0v) is 8.95. The highest BCUT2D eigenvalue weighted by Gasteiger charge is 2.35. The SMILES string of the molecule is C=CCCCc1cc(F)c(F)c(C(F)(F)F)c1. The standard InChI is InChI=1S/C12H11F5/c1-2-3-4-5-8-6-9(12(15,16)17)11(14)10(13)7-8/h2,6-7H,1,3-5H2. The molecule has 0 aliphatic carbocycles. The van der Waals surface area contributed by atoms with Crippen LogP contribution in [-0.2, 0) is 12.6 Å². The second-order valence-corrected chi connectivity index (χ2v) is 3.62. The number of hydrogen-bond acceptors (Lipinski definition) is 0. The van der Waals surface area contributed by atoms with Crippen molar-refractivity contribution >= 4 is 0 Å². The summed E-state index contributed by atoms with van der Waals surface area (Å²) in [5.41, 5.74) is -1.41. The van der Waals surface area contributed by atoms with Crippen molar-refractivity contribution < 1.29 is 22.0 Å². The van der Waals surface area contributed by atoms with E-state index in [0.717, 1.165) is 6.07 Å². The van der Waals surface area contributed by atoms with Crippen molar-refractivity contribution in [3.8, 4) is 0 Å². The topological polar surface area (TPSA) is 0 Å². The Balaban J connectivity index is 3.02. The molecule has 0 radical (unpaired) electrons. The van der Waals surface area contributed by atoms with E-state index < -0.39 is 23.4 Å². The monoisotopic (exact) mass is 250 g/mol. The van der Waals surface area contributed by atoms with E-state index in [-0.39, 0.29) is 12.0 Å². The molecule has 0 unspecified atom stereocenters. The van der Waals surface area contributed by atoms with Gasteiger partial charge in [0.25, 0.3) is 0 Å². The third-order valence-electron chi connectivity index (χ3n) is 2.27. The zero-order chi connectivity index (χ0) is 13.1. The smallest absolute Gasteiger partial charge is 0.204 e. The Morgan fingerprint density at radius 2 is 1.82 bits per heavy atom. The van der Waals surface area contributed by atoms with Crippen molar-refractivity contribution in [3.05, 3.63) is 47.5 Å². The van der Waals surface area contributed by atoms with E-state index in [1.54, 1.807) is 6.08 Å². The first-order chi connectivity index (χ1) is 7.86. The van der Waals surface area contributed by atoms with Crippen LogP contribution in [0.4, 0.5) is 22.0 Å². The van der Waals surface area contributed by atoms with Gasteiger partial charge in [-0.25, -0.2) is 8.78 Å². The van der Waals surface area contributed by atoms with Gasteiger partial charge < -0.3 is 0 Å². The molecule has 1 aromatic rings. The molecule has 0 aromatic heterocycles. The fourth-order valence-corrected chi connectivity index (χ4v) is 1.45. The molecule has 0 saturated heterocycles. The Hall–Kier alpha value is -1.39. The maximum absolute atomic E-state index is 13.0. The molecule has 94 valence electrons. The van der Waals surface area contributed by atoms with Gasteiger partial charge in [0, 0.05) is 0 Å². The van der Waals surface area contributed by atoms with E-state index in [1.807, 2.05) is 0 Å². The second-order valence-electron chi connectivity index (χ2n) is 3.62. The minimum Gasteiger partial charge on any atom is -0.204 e. The molecule has 0 atom stereocenters. The van der Waals surface area contributed by atoms with E-state index in [1.165, 1.54) is 0 Å². The van der Waals surface area contributed by atoms with Crippen LogP contribution in [0.5, 0.6) is 0 Å². The molecule has 0 nitrogen and oxygen atoms in total. The fraction of sp³-hybridized carbons (Fsp3) is 0.333. The molecule has 1 rings (SSSR count). The number of benzene rings is 1. The van der Waals surface area contributed by atoms with E-state index in [4.69, 9.17) is 0 Å². The molecule has 0 aliphatic heterocycles. The largest absolute Gasteiger partial charge is 0.419 e. The van der Waals surface area contributed by atoms with E-state index >= 15 is 0 Å². The highest BCUT2D eigenvalue weighted by atomic mass is 19.4. The first-order valence-corrected chi connectivity index (χ1v) is 5.02. The van der Waals surface area contributed by atoms with Gasteiger partial charge in [0.15, 0.2) is 11.6 Å². The van der Waals surface area contributed by atoms with Crippen LogP contribution in [-0.4, -0.2) is 0 Å². The van der Waals surface area contributed by atoms with Crippen molar-refractivity contribution in [1.82, 2.24) is 0 Å². The van der Waals surface area contributed by atoms with Crippen LogP contribution >= 0.6 is 0 Å². The summed E-state index contributed by atoms with van der Waals surface area (Å²) in [5, 5.41) is 0. The Bertz CT molecular complexity index is 406. The van der Waals surface area contributed by atoms with Gasteiger partial charge in [0.2, 0.25) is 0 Å². The number of halogens is 5. The highest BCUT2D eigenvalue weighted by Crippen LogP contribution is 2.33. The lowest BCUT2D eigenvalue weighted by Crippen LogP contribution is -2.10. The average molecular weight is 250 g/mol. The summed E-state index contributed by atoms with van der Waals surface area (Å²) in [7, 11) is 0. The third-order valence-corrected chi connectivity index (χ3v) is 2.27. The van der Waals surface area contributed by atoms with Gasteiger partial charge in [-0.3, -0.25) is 0 Å². The minimum absolute atomic E-state index is 0.137. The molecule has 1 aromatic carbocycles. The quantitative estimate of drug-likeness (QED) is 0.419. The van der Waals surface area contributed by atoms with E-state index in [2.05, 4.69) is 6.58 Å². The molecule has 0 N–H and O–H groups in total. The predicted octanol–water partition coefficient (Wildman–Crippen LogP) is 4.49. The minimum atomic E-state index is -4.88. The molecule has 0 amide bonds. The summed E-state index contributed by atoms with van der Waals surface area (Å²) in [6.45, 7) is 3.47. The van der Waals surface area contributed by atoms with E-state index in [9.17, 15) is 22.0 Å². The summed E-state index contributed by atoms with van der Waals surface area (Å²) >= 11 is 0. The lowest BCUT2D eigenvalue weighted by Gasteiger charge is -2.10. The van der Waals surface area contributed by atoms with Crippen LogP contribution < -0.4 is 0 Å². The number of aryl methyl sites for hydroxylation is 1. The lowest BCUT2D eigenvalue weighted by molar-refractivity contribution is -0.140. The van der Waals surface area contributed by atoms with Crippen molar-refractivity contribution in [2.45, 2.75) is 25.4 Å². The van der Waals surface area contributed by atoms with Crippen molar-refractivity contribution in [3.63, 3.8) is 0 Å². The molecule has 0 heterocycles. The Morgan fingerprint density at radius 1 is 1.18 bits per heavy atom. The van der Waals surface area contributed by atoms with Gasteiger partial charge in [0.1, 0.15) is 0 Å². The zero-order valence-electron chi connectivity index (χ0n) is 8.95. The van der Waals surface area contributed by atoms with Gasteiger partial charge in [-0.1, -0.05) is 6.08 Å². The molecule has 5 heteroatoms. The maximum Gasteiger partial charge on any atom is 0.419 e. The van der Waals surface area contributed by atoms with Gasteiger partial charge in [-0.2, -0.15) is 13.2 Å². The molecule has 0 bridgehead atoms. The summed E-state index contributed by atoms with van der Waals surface area (Å²) in [4.78, 5) is 0. The summed E-state index contributed by atoms with van der Waals surface area (Å²) in [6, 6.07) is 1.45. The number of unbranched alkanes of at least 4 members (excludes halogenated alkanes) is 1. The molecule has 17 heavy (non-hydrogen) atoms. The molecule has 0 aliphatic rings. The van der Waals surface area contributed by atoms with Crippen LogP contribution in [0.1, 0.15) is 24.0 Å². The number of alkyl halides is 3. The number of hydrogen-bond donors (Lipinski definition) is 0. The molecule has 0 fully saturated rings. The summed E-state index contributed by atoms with van der Waals surface area (Å²) in [5.74, 6) is -3.31. The summed E-state index contributed by atoms with van der Waals surface area (Å²) < 4.78 is 63.1. The molecular formula is C12H11F5. The van der Waals surface area contributed by atoms with Gasteiger partial charge >= 0.3 is 6.18 Å². The van der Waals surface area contributed by atoms with Crippen LogP contribution in [0.25, 0.3) is 0 Å². The van der Waals surface area contributed by atoms with Crippen molar-refractivity contribution in [2.24, 2.45) is 0 Å². The third kappa shape index (κ3) is 3.54. The highest BCUT2D eigenvalue weighted by molar-refractivity contribution is 5.28. The van der Waals surface area contributed by atoms with Crippen LogP contribution in [0, 0.1) is 11.6 Å². The summed E-state index contributed by atoms with van der Waals surface area (Å²) in [6.07, 6.45) is -1.84. The first kappa shape index (κ1) is 13.7. The van der Waals surface area contributed by atoms with Crippen molar-refractivity contribution in [1.29, 1.82) is 0 Å². The molecule has 0 spiro atoms. The van der Waals surface area contributed by atoms with Gasteiger partial charge in [0.05, 0.1) is 5.56 Å². The van der Waals surface area contributed by atoms with E-state index in [0.29, 0.717) is 18.9 Å². The second kappa shape index (κ2) is 5.29. The normalized spacial score (nSPS) is 11.6. The molecular weight excluding hydrogens is 239 g/mol. The first-order valence-electron chi connectivity index (χ1n) is 5.02. The lowest BCUT2D eigenvalue weighted by atomic mass is 10.0. The van der Waals surface area contributed by atoms with Gasteiger partial charge in [-0.05, 0) is 37.0 Å². The van der Waals surface area contributed by atoms with Crippen molar-refractivity contribution in [2.75, 3.05) is 0 Å². The Labute approximate surface area is 95.8 Å². The maximum atomic E-state index is 13.0. The van der Waals surface area contributed by atoms with Gasteiger partial charge in [-0.15, -0.1) is 6.58 Å². The Kier molecular flexibility index (Phi) is 4.26. The average Bonchev–Trinajstić information content (AvgIpc) is 2.21. The molecule has 0 saturated carbocycles. The number of rotatable bonds is 4. The van der Waals surface area contributed by atoms with Crippen LogP contribution in [0.2, 0.25) is 0 Å². The van der Waals surface area contributed by atoms with Crippen LogP contribution in [0.3, 0.4) is 0 Å². The number of allylic oxidation sites excluding steroid dienone is 1. The predicted molar refractivity (Wildman–Crippen MR) is 54.5 cm³/mol. The van der Waals surface area contributed by atoms with Crippen LogP contribution in [0.15, 0.2) is 24.8 Å².